The largest absolute Gasteiger partial charge is 0.492 e. The normalized spacial score (nSPS) is 12.4. The Kier molecular flexibility index (Phi) is 7.48. The average Bonchev–Trinajstić information content (AvgIpc) is 3.23. The Balaban J connectivity index is 1.29. The molecule has 12 heteroatoms. The number of nitro groups is 1. The quantitative estimate of drug-likeness (QED) is 0.136. The van der Waals surface area contributed by atoms with Gasteiger partial charge in [-0.25, -0.2) is 8.42 Å². The van der Waals surface area contributed by atoms with Crippen LogP contribution in [0.15, 0.2) is 71.6 Å². The predicted octanol–water partition coefficient (Wildman–Crippen LogP) is 3.28. The van der Waals surface area contributed by atoms with Gasteiger partial charge in [0, 0.05) is 48.1 Å². The molecule has 36 heavy (non-hydrogen) atoms. The lowest BCUT2D eigenvalue weighted by Gasteiger charge is -2.15. The Morgan fingerprint density at radius 2 is 1.94 bits per heavy atom. The SMILES string of the molecule is Cc1[nH]nc2cc(OCCNCC(O)c3cccc(NS(=O)(=O)c4cccc([N+](=O)[O-])c4)c3)ccc12. The lowest BCUT2D eigenvalue weighted by Crippen LogP contribution is -2.26. The number of benzene rings is 3. The van der Waals surface area contributed by atoms with Gasteiger partial charge in [0.1, 0.15) is 12.4 Å². The average molecular weight is 512 g/mol. The number of nitrogens with zero attached hydrogens (tertiary/aromatic N) is 2. The number of hydrogen-bond donors (Lipinski definition) is 4. The number of nitro benzene ring substituents is 1. The van der Waals surface area contributed by atoms with Crippen LogP contribution in [0, 0.1) is 17.0 Å². The molecule has 4 rings (SSSR count). The van der Waals surface area contributed by atoms with E-state index in [-0.39, 0.29) is 22.8 Å². The van der Waals surface area contributed by atoms with Crippen molar-refractivity contribution in [3.63, 3.8) is 0 Å². The zero-order valence-corrected chi connectivity index (χ0v) is 20.2. The number of ether oxygens (including phenoxy) is 1. The molecule has 0 aliphatic heterocycles. The van der Waals surface area contributed by atoms with Crippen molar-refractivity contribution >= 4 is 32.3 Å². The summed E-state index contributed by atoms with van der Waals surface area (Å²) in [6.07, 6.45) is -0.893. The number of hydrogen-bond acceptors (Lipinski definition) is 8. The minimum absolute atomic E-state index is 0.224. The molecule has 0 aliphatic carbocycles. The van der Waals surface area contributed by atoms with Crippen molar-refractivity contribution in [2.75, 3.05) is 24.4 Å². The molecule has 1 heterocycles. The molecule has 4 aromatic rings. The van der Waals surface area contributed by atoms with E-state index in [1.807, 2.05) is 25.1 Å². The maximum Gasteiger partial charge on any atom is 0.270 e. The van der Waals surface area contributed by atoms with E-state index in [9.17, 15) is 23.6 Å². The fourth-order valence-corrected chi connectivity index (χ4v) is 4.69. The zero-order valence-electron chi connectivity index (χ0n) is 19.3. The number of aromatic amines is 1. The summed E-state index contributed by atoms with van der Waals surface area (Å²) in [7, 11) is -4.05. The van der Waals surface area contributed by atoms with Gasteiger partial charge in [0.2, 0.25) is 0 Å². The number of H-pyrrole nitrogens is 1. The molecule has 4 N–H and O–H groups in total. The minimum Gasteiger partial charge on any atom is -0.492 e. The van der Waals surface area contributed by atoms with Gasteiger partial charge in [0.25, 0.3) is 15.7 Å². The van der Waals surface area contributed by atoms with Crippen molar-refractivity contribution < 1.29 is 23.2 Å². The van der Waals surface area contributed by atoms with Crippen molar-refractivity contribution in [3.05, 3.63) is 88.1 Å². The van der Waals surface area contributed by atoms with Gasteiger partial charge in [-0.15, -0.1) is 0 Å². The smallest absolute Gasteiger partial charge is 0.270 e. The molecule has 0 saturated heterocycles. The van der Waals surface area contributed by atoms with Crippen LogP contribution in [0.4, 0.5) is 11.4 Å². The number of sulfonamides is 1. The maximum absolute atomic E-state index is 12.7. The van der Waals surface area contributed by atoms with E-state index in [1.54, 1.807) is 12.1 Å². The number of nitrogens with one attached hydrogen (secondary N) is 3. The highest BCUT2D eigenvalue weighted by Gasteiger charge is 2.18. The molecule has 3 aromatic carbocycles. The van der Waals surface area contributed by atoms with Gasteiger partial charge in [-0.2, -0.15) is 5.10 Å². The lowest BCUT2D eigenvalue weighted by atomic mass is 10.1. The molecule has 1 unspecified atom stereocenters. The molecular formula is C24H25N5O6S. The summed E-state index contributed by atoms with van der Waals surface area (Å²) in [6, 6.07) is 16.8. The topological polar surface area (TPSA) is 159 Å². The number of anilines is 1. The van der Waals surface area contributed by atoms with Gasteiger partial charge >= 0.3 is 0 Å². The van der Waals surface area contributed by atoms with Crippen molar-refractivity contribution in [1.82, 2.24) is 15.5 Å². The standard InChI is InChI=1S/C24H25N5O6S/c1-16-22-9-8-20(14-23(22)27-26-16)35-11-10-25-15-24(30)17-4-2-5-18(12-17)28-36(33,34)21-7-3-6-19(13-21)29(31)32/h2-9,12-14,24-25,28,30H,10-11,15H2,1H3,(H,26,27). The van der Waals surface area contributed by atoms with E-state index in [1.165, 1.54) is 30.3 Å². The molecule has 0 spiro atoms. The maximum atomic E-state index is 12.7. The third-order valence-corrected chi connectivity index (χ3v) is 6.84. The first kappa shape index (κ1) is 25.1. The highest BCUT2D eigenvalue weighted by atomic mass is 32.2. The summed E-state index contributed by atoms with van der Waals surface area (Å²) in [5.74, 6) is 0.695. The van der Waals surface area contributed by atoms with Crippen LogP contribution < -0.4 is 14.8 Å². The molecule has 0 radical (unpaired) electrons. The molecule has 188 valence electrons. The first-order valence-corrected chi connectivity index (χ1v) is 12.5. The molecule has 0 aliphatic rings. The third kappa shape index (κ3) is 5.97. The van der Waals surface area contributed by atoms with E-state index in [2.05, 4.69) is 20.2 Å². The number of aryl methyl sites for hydroxylation is 1. The third-order valence-electron chi connectivity index (χ3n) is 5.46. The van der Waals surface area contributed by atoms with E-state index < -0.39 is 21.1 Å². The number of non-ortho nitro benzene ring substituents is 1. The second-order valence-corrected chi connectivity index (χ2v) is 9.76. The number of rotatable bonds is 11. The van der Waals surface area contributed by atoms with E-state index in [0.717, 1.165) is 22.7 Å². The van der Waals surface area contributed by atoms with Gasteiger partial charge in [0.05, 0.1) is 21.4 Å². The van der Waals surface area contributed by atoms with Gasteiger partial charge < -0.3 is 15.2 Å². The molecule has 0 saturated carbocycles. The fraction of sp³-hybridized carbons (Fsp3) is 0.208. The fourth-order valence-electron chi connectivity index (χ4n) is 3.60. The van der Waals surface area contributed by atoms with Crippen LogP contribution in [0.5, 0.6) is 5.75 Å². The van der Waals surface area contributed by atoms with E-state index >= 15 is 0 Å². The number of fused-ring (bicyclic) bond motifs is 1. The van der Waals surface area contributed by atoms with Crippen LogP contribution in [0.1, 0.15) is 17.4 Å². The molecule has 0 bridgehead atoms. The lowest BCUT2D eigenvalue weighted by molar-refractivity contribution is -0.385. The monoisotopic (exact) mass is 511 g/mol. The first-order chi connectivity index (χ1) is 17.2. The van der Waals surface area contributed by atoms with E-state index in [0.29, 0.717) is 24.5 Å². The van der Waals surface area contributed by atoms with Crippen LogP contribution in [-0.4, -0.2) is 48.3 Å². The van der Waals surface area contributed by atoms with E-state index in [4.69, 9.17) is 4.74 Å². The van der Waals surface area contributed by atoms with Crippen LogP contribution in [0.3, 0.4) is 0 Å². The van der Waals surface area contributed by atoms with Crippen LogP contribution in [0.25, 0.3) is 10.9 Å². The molecule has 1 atom stereocenters. The molecule has 11 nitrogen and oxygen atoms in total. The summed E-state index contributed by atoms with van der Waals surface area (Å²) in [6.45, 7) is 3.04. The summed E-state index contributed by atoms with van der Waals surface area (Å²) in [5, 5.41) is 32.8. The number of aliphatic hydroxyl groups is 1. The van der Waals surface area contributed by atoms with Gasteiger partial charge in [-0.3, -0.25) is 19.9 Å². The van der Waals surface area contributed by atoms with Crippen LogP contribution >= 0.6 is 0 Å². The highest BCUT2D eigenvalue weighted by Crippen LogP contribution is 2.23. The van der Waals surface area contributed by atoms with Crippen LogP contribution in [-0.2, 0) is 10.0 Å². The minimum atomic E-state index is -4.05. The second kappa shape index (κ2) is 10.7. The Morgan fingerprint density at radius 1 is 1.14 bits per heavy atom. The summed E-state index contributed by atoms with van der Waals surface area (Å²) in [5.41, 5.74) is 2.23. The van der Waals surface area contributed by atoms with Crippen molar-refractivity contribution in [1.29, 1.82) is 0 Å². The Bertz CT molecular complexity index is 1490. The Morgan fingerprint density at radius 3 is 2.75 bits per heavy atom. The van der Waals surface area contributed by atoms with Crippen molar-refractivity contribution in [2.45, 2.75) is 17.9 Å². The summed E-state index contributed by atoms with van der Waals surface area (Å²) >= 11 is 0. The predicted molar refractivity (Wildman–Crippen MR) is 135 cm³/mol. The molecule has 0 fully saturated rings. The number of aromatic nitrogens is 2. The molecular weight excluding hydrogens is 486 g/mol. The van der Waals surface area contributed by atoms with Gasteiger partial charge in [-0.1, -0.05) is 18.2 Å². The highest BCUT2D eigenvalue weighted by molar-refractivity contribution is 7.92. The van der Waals surface area contributed by atoms with Gasteiger partial charge in [-0.05, 0) is 42.8 Å². The zero-order chi connectivity index (χ0) is 25.7. The first-order valence-electron chi connectivity index (χ1n) is 11.1. The second-order valence-electron chi connectivity index (χ2n) is 8.08. The van der Waals surface area contributed by atoms with Crippen molar-refractivity contribution in [2.24, 2.45) is 0 Å². The van der Waals surface area contributed by atoms with Gasteiger partial charge in [0.15, 0.2) is 0 Å². The summed E-state index contributed by atoms with van der Waals surface area (Å²) < 4.78 is 33.5. The Hall–Kier alpha value is -4.00. The molecule has 1 aromatic heterocycles. The Labute approximate surface area is 207 Å². The van der Waals surface area contributed by atoms with Crippen LogP contribution in [0.2, 0.25) is 0 Å². The number of aliphatic hydroxyl groups excluding tert-OH is 1. The van der Waals surface area contributed by atoms with Crippen molar-refractivity contribution in [3.8, 4) is 5.75 Å². The summed E-state index contributed by atoms with van der Waals surface area (Å²) in [4.78, 5) is 10.1. The molecule has 0 amide bonds.